The molecule has 0 aliphatic rings. The summed E-state index contributed by atoms with van der Waals surface area (Å²) in [6.07, 6.45) is 1.61. The van der Waals surface area contributed by atoms with Gasteiger partial charge < -0.3 is 14.6 Å². The van der Waals surface area contributed by atoms with Crippen LogP contribution < -0.4 is 14.8 Å². The third-order valence-electron chi connectivity index (χ3n) is 4.54. The summed E-state index contributed by atoms with van der Waals surface area (Å²) in [5.41, 5.74) is 1.25. The Bertz CT molecular complexity index is 1250. The second-order valence-corrected chi connectivity index (χ2v) is 7.67. The van der Waals surface area contributed by atoms with E-state index in [-0.39, 0.29) is 11.5 Å². The van der Waals surface area contributed by atoms with E-state index in [4.69, 9.17) is 9.47 Å². The molecule has 8 heteroatoms. The number of methoxy groups -OCH3 is 1. The van der Waals surface area contributed by atoms with Gasteiger partial charge in [-0.3, -0.25) is 10.1 Å². The highest BCUT2D eigenvalue weighted by Gasteiger charge is 2.16. The van der Waals surface area contributed by atoms with Crippen LogP contribution >= 0.6 is 11.3 Å². The van der Waals surface area contributed by atoms with E-state index in [0.717, 1.165) is 4.88 Å². The molecule has 0 unspecified atom stereocenters. The van der Waals surface area contributed by atoms with Crippen LogP contribution in [-0.2, 0) is 0 Å². The predicted octanol–water partition coefficient (Wildman–Crippen LogP) is 5.56. The van der Waals surface area contributed by atoms with E-state index in [9.17, 15) is 14.7 Å². The van der Waals surface area contributed by atoms with E-state index in [2.05, 4.69) is 10.3 Å². The van der Waals surface area contributed by atoms with Crippen LogP contribution in [0.2, 0.25) is 0 Å². The van der Waals surface area contributed by atoms with Crippen LogP contribution in [0.5, 0.6) is 17.2 Å². The number of para-hydroxylation sites is 1. The van der Waals surface area contributed by atoms with Gasteiger partial charge in [-0.2, -0.15) is 0 Å². The number of ether oxygens (including phenoxy) is 2. The quantitative estimate of drug-likeness (QED) is 0.386. The van der Waals surface area contributed by atoms with Crippen molar-refractivity contribution < 1.29 is 24.2 Å². The summed E-state index contributed by atoms with van der Waals surface area (Å²) in [4.78, 5) is 29.0. The molecule has 0 spiro atoms. The van der Waals surface area contributed by atoms with Gasteiger partial charge in [0.05, 0.1) is 17.6 Å². The maximum atomic E-state index is 12.5. The highest BCUT2D eigenvalue weighted by atomic mass is 32.1. The summed E-state index contributed by atoms with van der Waals surface area (Å²) >= 11 is 1.26. The molecule has 4 rings (SSSR count). The number of amides is 1. The number of rotatable bonds is 7. The van der Waals surface area contributed by atoms with Crippen molar-refractivity contribution in [3.8, 4) is 27.7 Å². The topological polar surface area (TPSA) is 97.8 Å². The fourth-order valence-electron chi connectivity index (χ4n) is 2.93. The highest BCUT2D eigenvalue weighted by Crippen LogP contribution is 2.38. The first-order chi connectivity index (χ1) is 15.5. The van der Waals surface area contributed by atoms with Crippen LogP contribution in [0.1, 0.15) is 20.7 Å². The number of aromatic carboxylic acids is 1. The molecule has 2 N–H and O–H groups in total. The summed E-state index contributed by atoms with van der Waals surface area (Å²) < 4.78 is 11.1. The van der Waals surface area contributed by atoms with Gasteiger partial charge in [0.25, 0.3) is 5.91 Å². The Morgan fingerprint density at radius 1 is 0.938 bits per heavy atom. The average Bonchev–Trinajstić information content (AvgIpc) is 3.28. The van der Waals surface area contributed by atoms with Gasteiger partial charge in [-0.05, 0) is 54.6 Å². The minimum Gasteiger partial charge on any atom is -0.497 e. The molecule has 0 aliphatic carbocycles. The molecule has 0 fully saturated rings. The fourth-order valence-corrected chi connectivity index (χ4v) is 3.77. The second kappa shape index (κ2) is 9.32. The van der Waals surface area contributed by atoms with Gasteiger partial charge in [0, 0.05) is 17.3 Å². The Morgan fingerprint density at radius 3 is 2.34 bits per heavy atom. The predicted molar refractivity (Wildman–Crippen MR) is 122 cm³/mol. The molecule has 4 aromatic rings. The lowest BCUT2D eigenvalue weighted by atomic mass is 10.1. The van der Waals surface area contributed by atoms with Crippen LogP contribution in [-0.4, -0.2) is 29.1 Å². The smallest absolute Gasteiger partial charge is 0.335 e. The van der Waals surface area contributed by atoms with Gasteiger partial charge in [0.15, 0.2) is 5.13 Å². The van der Waals surface area contributed by atoms with Gasteiger partial charge in [0.1, 0.15) is 17.2 Å². The van der Waals surface area contributed by atoms with E-state index in [0.29, 0.717) is 33.5 Å². The van der Waals surface area contributed by atoms with E-state index in [1.165, 1.54) is 23.5 Å². The molecule has 1 aromatic heterocycles. The summed E-state index contributed by atoms with van der Waals surface area (Å²) in [5, 5.41) is 12.5. The number of hydrogen-bond donors (Lipinski definition) is 2. The van der Waals surface area contributed by atoms with Crippen molar-refractivity contribution in [2.75, 3.05) is 12.4 Å². The second-order valence-electron chi connectivity index (χ2n) is 6.64. The molecule has 0 saturated carbocycles. The Kier molecular flexibility index (Phi) is 6.14. The van der Waals surface area contributed by atoms with Gasteiger partial charge >= 0.3 is 5.97 Å². The van der Waals surface area contributed by atoms with Crippen molar-refractivity contribution >= 4 is 28.3 Å². The Labute approximate surface area is 187 Å². The molecule has 7 nitrogen and oxygen atoms in total. The number of benzene rings is 3. The number of carbonyl (C=O) groups is 2. The van der Waals surface area contributed by atoms with Gasteiger partial charge in [-0.1, -0.05) is 29.5 Å². The van der Waals surface area contributed by atoms with Crippen molar-refractivity contribution in [1.82, 2.24) is 4.98 Å². The normalized spacial score (nSPS) is 10.4. The van der Waals surface area contributed by atoms with Crippen molar-refractivity contribution in [3.05, 3.63) is 90.1 Å². The van der Waals surface area contributed by atoms with E-state index in [1.54, 1.807) is 55.8 Å². The first-order valence-electron chi connectivity index (χ1n) is 9.55. The van der Waals surface area contributed by atoms with Gasteiger partial charge in [0.2, 0.25) is 0 Å². The third kappa shape index (κ3) is 4.76. The molecule has 0 aliphatic heterocycles. The summed E-state index contributed by atoms with van der Waals surface area (Å²) in [6, 6.07) is 20.5. The molecule has 32 heavy (non-hydrogen) atoms. The molecular weight excluding hydrogens is 428 g/mol. The lowest BCUT2D eigenvalue weighted by Crippen LogP contribution is -2.11. The zero-order valence-electron chi connectivity index (χ0n) is 16.9. The monoisotopic (exact) mass is 446 g/mol. The standard InChI is InChI=1S/C24H18N2O5S/c1-30-17-10-7-15(8-11-17)22(27)26-24-25-14-21(32-24)19-12-9-16(23(28)29)13-20(19)31-18-5-3-2-4-6-18/h2-14H,1H3,(H,28,29)(H,25,26,27). The lowest BCUT2D eigenvalue weighted by Gasteiger charge is -2.11. The number of carbonyl (C=O) groups excluding carboxylic acids is 1. The highest BCUT2D eigenvalue weighted by molar-refractivity contribution is 7.19. The van der Waals surface area contributed by atoms with Crippen molar-refractivity contribution in [2.24, 2.45) is 0 Å². The Balaban J connectivity index is 1.59. The van der Waals surface area contributed by atoms with E-state index < -0.39 is 5.97 Å². The maximum absolute atomic E-state index is 12.5. The first-order valence-corrected chi connectivity index (χ1v) is 10.4. The minimum absolute atomic E-state index is 0.109. The fraction of sp³-hybridized carbons (Fsp3) is 0.0417. The number of nitrogens with zero attached hydrogens (tertiary/aromatic N) is 1. The zero-order chi connectivity index (χ0) is 22.5. The average molecular weight is 446 g/mol. The third-order valence-corrected chi connectivity index (χ3v) is 5.49. The summed E-state index contributed by atoms with van der Waals surface area (Å²) in [7, 11) is 1.56. The molecule has 0 atom stereocenters. The first kappa shape index (κ1) is 21.1. The molecule has 3 aromatic carbocycles. The van der Waals surface area contributed by atoms with Crippen molar-refractivity contribution in [3.63, 3.8) is 0 Å². The summed E-state index contributed by atoms with van der Waals surface area (Å²) in [6.45, 7) is 0. The number of hydrogen-bond acceptors (Lipinski definition) is 6. The number of nitrogens with one attached hydrogen (secondary N) is 1. The van der Waals surface area contributed by atoms with E-state index >= 15 is 0 Å². The SMILES string of the molecule is COc1ccc(C(=O)Nc2ncc(-c3ccc(C(=O)O)cc3Oc3ccccc3)s2)cc1. The summed E-state index contributed by atoms with van der Waals surface area (Å²) in [5.74, 6) is 0.275. The number of anilines is 1. The van der Waals surface area contributed by atoms with Gasteiger partial charge in [-0.25, -0.2) is 9.78 Å². The van der Waals surface area contributed by atoms with Gasteiger partial charge in [-0.15, -0.1) is 0 Å². The van der Waals surface area contributed by atoms with Crippen molar-refractivity contribution in [2.45, 2.75) is 0 Å². The van der Waals surface area contributed by atoms with Crippen LogP contribution in [0.3, 0.4) is 0 Å². The Morgan fingerprint density at radius 2 is 1.66 bits per heavy atom. The number of aromatic nitrogens is 1. The zero-order valence-corrected chi connectivity index (χ0v) is 17.8. The number of carboxylic acids is 1. The van der Waals surface area contributed by atoms with E-state index in [1.807, 2.05) is 18.2 Å². The molecule has 1 heterocycles. The van der Waals surface area contributed by atoms with Crippen LogP contribution in [0.25, 0.3) is 10.4 Å². The minimum atomic E-state index is -1.05. The molecule has 0 radical (unpaired) electrons. The van der Waals surface area contributed by atoms with Crippen LogP contribution in [0, 0.1) is 0 Å². The lowest BCUT2D eigenvalue weighted by molar-refractivity contribution is 0.0696. The number of thiazole rings is 1. The maximum Gasteiger partial charge on any atom is 0.335 e. The van der Waals surface area contributed by atoms with Crippen LogP contribution in [0.15, 0.2) is 79.0 Å². The molecule has 160 valence electrons. The van der Waals surface area contributed by atoms with Crippen molar-refractivity contribution in [1.29, 1.82) is 0 Å². The molecule has 1 amide bonds. The molecule has 0 saturated heterocycles. The largest absolute Gasteiger partial charge is 0.497 e. The molecule has 0 bridgehead atoms. The Hall–Kier alpha value is -4.17. The molecular formula is C24H18N2O5S. The van der Waals surface area contributed by atoms with Crippen LogP contribution in [0.4, 0.5) is 5.13 Å². The number of carboxylic acid groups (broad SMARTS) is 1.